The Morgan fingerprint density at radius 1 is 1.47 bits per heavy atom. The predicted molar refractivity (Wildman–Crippen MR) is 67.0 cm³/mol. The third-order valence-electron chi connectivity index (χ3n) is 1.92. The molecule has 0 aromatic carbocycles. The number of rotatable bonds is 7. The molecule has 0 radical (unpaired) electrons. The first-order valence-corrected chi connectivity index (χ1v) is 6.20. The van der Waals surface area contributed by atoms with Crippen LogP contribution in [0.25, 0.3) is 0 Å². The minimum absolute atomic E-state index is 0.810. The summed E-state index contributed by atoms with van der Waals surface area (Å²) in [7, 11) is 0. The maximum atomic E-state index is 5.15. The fourth-order valence-electron chi connectivity index (χ4n) is 1.18. The van der Waals surface area contributed by atoms with Crippen LogP contribution >= 0.6 is 11.8 Å². The van der Waals surface area contributed by atoms with Gasteiger partial charge in [0.1, 0.15) is 0 Å². The van der Waals surface area contributed by atoms with Crippen LogP contribution < -0.4 is 5.32 Å². The van der Waals surface area contributed by atoms with E-state index in [1.54, 1.807) is 18.0 Å². The number of pyridine rings is 1. The molecule has 1 aromatic rings. The molecule has 0 bridgehead atoms. The maximum absolute atomic E-state index is 5.15. The van der Waals surface area contributed by atoms with E-state index in [-0.39, 0.29) is 0 Å². The van der Waals surface area contributed by atoms with Gasteiger partial charge in [0, 0.05) is 24.7 Å². The van der Waals surface area contributed by atoms with Gasteiger partial charge in [-0.15, -0.1) is 18.2 Å². The Labute approximate surface area is 95.9 Å². The molecule has 15 heavy (non-hydrogen) atoms. The summed E-state index contributed by atoms with van der Waals surface area (Å²) in [4.78, 5) is 4.07. The van der Waals surface area contributed by atoms with E-state index >= 15 is 0 Å². The number of hydrogen-bond acceptors (Lipinski definition) is 3. The lowest BCUT2D eigenvalue weighted by Crippen LogP contribution is -2.20. The summed E-state index contributed by atoms with van der Waals surface area (Å²) < 4.78 is 0. The Bertz CT molecular complexity index is 292. The smallest absolute Gasteiger partial charge is 0.0545 e. The molecule has 0 fully saturated rings. The van der Waals surface area contributed by atoms with E-state index in [2.05, 4.69) is 22.3 Å². The quantitative estimate of drug-likeness (QED) is 0.558. The molecule has 0 amide bonds. The Hall–Kier alpha value is -0.980. The summed E-state index contributed by atoms with van der Waals surface area (Å²) in [5.41, 5.74) is 1.28. The highest BCUT2D eigenvalue weighted by Gasteiger charge is 1.91. The topological polar surface area (TPSA) is 24.9 Å². The molecule has 0 unspecified atom stereocenters. The average molecular weight is 220 g/mol. The molecule has 0 spiro atoms. The van der Waals surface area contributed by atoms with Gasteiger partial charge < -0.3 is 5.32 Å². The van der Waals surface area contributed by atoms with Crippen molar-refractivity contribution in [3.8, 4) is 12.3 Å². The number of terminal acetylenes is 1. The van der Waals surface area contributed by atoms with E-state index in [0.29, 0.717) is 0 Å². The van der Waals surface area contributed by atoms with Gasteiger partial charge in [-0.1, -0.05) is 12.0 Å². The second-order valence-corrected chi connectivity index (χ2v) is 4.22. The van der Waals surface area contributed by atoms with Crippen molar-refractivity contribution in [2.24, 2.45) is 0 Å². The van der Waals surface area contributed by atoms with Gasteiger partial charge in [0.2, 0.25) is 0 Å². The molecule has 0 saturated carbocycles. The van der Waals surface area contributed by atoms with Crippen molar-refractivity contribution in [3.63, 3.8) is 0 Å². The van der Waals surface area contributed by atoms with E-state index in [9.17, 15) is 0 Å². The predicted octanol–water partition coefficient (Wildman–Crippen LogP) is 1.58. The van der Waals surface area contributed by atoms with Crippen LogP contribution in [0.3, 0.4) is 0 Å². The highest BCUT2D eigenvalue weighted by Crippen LogP contribution is 1.97. The first-order chi connectivity index (χ1) is 7.43. The minimum atomic E-state index is 0.810. The van der Waals surface area contributed by atoms with Gasteiger partial charge in [0.15, 0.2) is 0 Å². The first-order valence-electron chi connectivity index (χ1n) is 5.04. The van der Waals surface area contributed by atoms with Crippen LogP contribution in [0.1, 0.15) is 5.56 Å². The van der Waals surface area contributed by atoms with Crippen LogP contribution in [0.5, 0.6) is 0 Å². The maximum Gasteiger partial charge on any atom is 0.0545 e. The first kappa shape index (κ1) is 12.1. The van der Waals surface area contributed by atoms with Crippen molar-refractivity contribution < 1.29 is 0 Å². The summed E-state index contributed by atoms with van der Waals surface area (Å²) in [5.74, 6) is 4.50. The van der Waals surface area contributed by atoms with Gasteiger partial charge in [-0.25, -0.2) is 0 Å². The zero-order chi connectivity index (χ0) is 10.8. The van der Waals surface area contributed by atoms with Crippen molar-refractivity contribution in [2.45, 2.75) is 6.42 Å². The lowest BCUT2D eigenvalue weighted by Gasteiger charge is -2.03. The van der Waals surface area contributed by atoms with Crippen LogP contribution in [-0.4, -0.2) is 29.6 Å². The average Bonchev–Trinajstić information content (AvgIpc) is 2.29. The summed E-state index contributed by atoms with van der Waals surface area (Å²) in [5, 5.41) is 3.38. The molecule has 1 aromatic heterocycles. The molecule has 1 heterocycles. The number of thioether (sulfide) groups is 1. The Balaban J connectivity index is 1.96. The molecule has 0 aliphatic rings. The van der Waals surface area contributed by atoms with Gasteiger partial charge in [-0.2, -0.15) is 0 Å². The molecule has 0 saturated heterocycles. The molecule has 0 atom stereocenters. The van der Waals surface area contributed by atoms with Gasteiger partial charge in [0.25, 0.3) is 0 Å². The Kier molecular flexibility index (Phi) is 6.72. The number of aromatic nitrogens is 1. The number of nitrogens with one attached hydrogen (secondary N) is 1. The van der Waals surface area contributed by atoms with E-state index in [1.165, 1.54) is 5.56 Å². The van der Waals surface area contributed by atoms with Gasteiger partial charge in [-0.05, 0) is 24.6 Å². The van der Waals surface area contributed by atoms with E-state index < -0.39 is 0 Å². The summed E-state index contributed by atoms with van der Waals surface area (Å²) in [6, 6.07) is 4.07. The second-order valence-electron chi connectivity index (χ2n) is 3.12. The van der Waals surface area contributed by atoms with Crippen LogP contribution in [0, 0.1) is 12.3 Å². The van der Waals surface area contributed by atoms with E-state index in [1.807, 2.05) is 12.3 Å². The van der Waals surface area contributed by atoms with E-state index in [0.717, 1.165) is 31.0 Å². The van der Waals surface area contributed by atoms with Crippen molar-refractivity contribution in [3.05, 3.63) is 30.1 Å². The normalized spacial score (nSPS) is 9.80. The standard InChI is InChI=1S/C12H16N2S/c1-2-9-15-10-8-13-7-5-12-4-3-6-14-11-12/h1,3-4,6,11,13H,5,7-10H2. The van der Waals surface area contributed by atoms with Crippen LogP contribution in [0.15, 0.2) is 24.5 Å². The highest BCUT2D eigenvalue weighted by atomic mass is 32.2. The molecule has 1 N–H and O–H groups in total. The second kappa shape index (κ2) is 8.34. The monoisotopic (exact) mass is 220 g/mol. The third kappa shape index (κ3) is 6.16. The van der Waals surface area contributed by atoms with Gasteiger partial charge >= 0.3 is 0 Å². The SMILES string of the molecule is C#CCSCCNCCc1cccnc1. The van der Waals surface area contributed by atoms with Crippen molar-refractivity contribution >= 4 is 11.8 Å². The van der Waals surface area contributed by atoms with Crippen LogP contribution in [0.2, 0.25) is 0 Å². The molecular weight excluding hydrogens is 204 g/mol. The molecule has 2 nitrogen and oxygen atoms in total. The van der Waals surface area contributed by atoms with Crippen molar-refractivity contribution in [2.75, 3.05) is 24.6 Å². The van der Waals surface area contributed by atoms with Crippen LogP contribution in [-0.2, 0) is 6.42 Å². The lowest BCUT2D eigenvalue weighted by molar-refractivity contribution is 0.720. The fraction of sp³-hybridized carbons (Fsp3) is 0.417. The minimum Gasteiger partial charge on any atom is -0.316 e. The zero-order valence-corrected chi connectivity index (χ0v) is 9.59. The fourth-order valence-corrected chi connectivity index (χ4v) is 1.73. The molecule has 0 aliphatic carbocycles. The Morgan fingerprint density at radius 2 is 2.40 bits per heavy atom. The summed E-state index contributed by atoms with van der Waals surface area (Å²) in [6.45, 7) is 2.02. The molecule has 3 heteroatoms. The highest BCUT2D eigenvalue weighted by molar-refractivity contribution is 7.99. The van der Waals surface area contributed by atoms with Crippen LogP contribution in [0.4, 0.5) is 0 Å². The molecule has 0 aliphatic heterocycles. The third-order valence-corrected chi connectivity index (χ3v) is 2.79. The molecular formula is C12H16N2S. The van der Waals surface area contributed by atoms with Gasteiger partial charge in [0.05, 0.1) is 5.75 Å². The summed E-state index contributed by atoms with van der Waals surface area (Å²) >= 11 is 1.79. The number of hydrogen-bond donors (Lipinski definition) is 1. The lowest BCUT2D eigenvalue weighted by atomic mass is 10.2. The van der Waals surface area contributed by atoms with E-state index in [4.69, 9.17) is 6.42 Å². The largest absolute Gasteiger partial charge is 0.316 e. The van der Waals surface area contributed by atoms with Crippen molar-refractivity contribution in [1.29, 1.82) is 0 Å². The number of nitrogens with zero attached hydrogens (tertiary/aromatic N) is 1. The molecule has 1 rings (SSSR count). The summed E-state index contributed by atoms with van der Waals surface area (Å²) in [6.07, 6.45) is 9.89. The van der Waals surface area contributed by atoms with Gasteiger partial charge in [-0.3, -0.25) is 4.98 Å². The molecule has 80 valence electrons. The van der Waals surface area contributed by atoms with Crippen molar-refractivity contribution in [1.82, 2.24) is 10.3 Å². The Morgan fingerprint density at radius 3 is 3.13 bits per heavy atom. The zero-order valence-electron chi connectivity index (χ0n) is 8.78.